The number of hydrogen-bond acceptors (Lipinski definition) is 3. The number of nitrogens with zero attached hydrogens (tertiary/aromatic N) is 2. The Morgan fingerprint density at radius 3 is 2.63 bits per heavy atom. The van der Waals surface area contributed by atoms with Crippen LogP contribution in [0.1, 0.15) is 29.4 Å². The van der Waals surface area contributed by atoms with Crippen molar-refractivity contribution < 1.29 is 4.79 Å². The third kappa shape index (κ3) is 2.87. The van der Waals surface area contributed by atoms with E-state index >= 15 is 0 Å². The summed E-state index contributed by atoms with van der Waals surface area (Å²) in [6.45, 7) is 7.50. The molecule has 1 saturated heterocycles. The molecule has 0 radical (unpaired) electrons. The predicted molar refractivity (Wildman–Crippen MR) is 74.5 cm³/mol. The highest BCUT2D eigenvalue weighted by molar-refractivity contribution is 5.94. The van der Waals surface area contributed by atoms with Crippen molar-refractivity contribution in [2.75, 3.05) is 26.2 Å². The fourth-order valence-corrected chi connectivity index (χ4v) is 2.37. The third-order valence-electron chi connectivity index (χ3n) is 3.47. The number of carbonyl (C=O) groups is 1. The van der Waals surface area contributed by atoms with Gasteiger partial charge in [0.25, 0.3) is 11.5 Å². The van der Waals surface area contributed by atoms with Gasteiger partial charge in [0, 0.05) is 38.4 Å². The molecule has 1 N–H and O–H groups in total. The van der Waals surface area contributed by atoms with E-state index in [4.69, 9.17) is 0 Å². The zero-order valence-corrected chi connectivity index (χ0v) is 11.6. The molecule has 5 heteroatoms. The molecule has 0 spiro atoms. The molecule has 5 nitrogen and oxygen atoms in total. The molecule has 0 aliphatic carbocycles. The van der Waals surface area contributed by atoms with Crippen molar-refractivity contribution in [1.29, 1.82) is 0 Å². The molecule has 0 saturated carbocycles. The van der Waals surface area contributed by atoms with Gasteiger partial charge in [-0.25, -0.2) is 0 Å². The first kappa shape index (κ1) is 13.8. The Balaban J connectivity index is 2.31. The van der Waals surface area contributed by atoms with Crippen LogP contribution < -0.4 is 10.9 Å². The molecule has 0 bridgehead atoms. The second-order valence-electron chi connectivity index (χ2n) is 4.89. The Labute approximate surface area is 113 Å². The normalized spacial score (nSPS) is 15.6. The molecule has 0 atom stereocenters. The smallest absolute Gasteiger partial charge is 0.263 e. The van der Waals surface area contributed by atoms with E-state index in [1.807, 2.05) is 19.9 Å². The summed E-state index contributed by atoms with van der Waals surface area (Å²) in [6, 6.07) is 3.51. The largest absolute Gasteiger partial charge is 0.336 e. The van der Waals surface area contributed by atoms with Gasteiger partial charge in [-0.3, -0.25) is 9.59 Å². The summed E-state index contributed by atoms with van der Waals surface area (Å²) >= 11 is 0. The molecule has 2 rings (SSSR count). The van der Waals surface area contributed by atoms with E-state index in [1.54, 1.807) is 15.5 Å². The molecule has 1 aliphatic rings. The van der Waals surface area contributed by atoms with Gasteiger partial charge < -0.3 is 14.8 Å². The van der Waals surface area contributed by atoms with Crippen molar-refractivity contribution in [3.63, 3.8) is 0 Å². The minimum Gasteiger partial charge on any atom is -0.336 e. The van der Waals surface area contributed by atoms with Crippen LogP contribution in [0.3, 0.4) is 0 Å². The highest BCUT2D eigenvalue weighted by atomic mass is 16.2. The molecular weight excluding hydrogens is 242 g/mol. The molecule has 0 aromatic carbocycles. The minimum atomic E-state index is -0.162. The molecule has 19 heavy (non-hydrogen) atoms. The van der Waals surface area contributed by atoms with Crippen LogP contribution in [-0.2, 0) is 6.54 Å². The minimum absolute atomic E-state index is 0.142. The fourth-order valence-electron chi connectivity index (χ4n) is 2.37. The third-order valence-corrected chi connectivity index (χ3v) is 3.47. The molecule has 0 unspecified atom stereocenters. The lowest BCUT2D eigenvalue weighted by molar-refractivity contribution is 0.0733. The standard InChI is InChI=1S/C14H21N3O2/c1-3-8-17-11(2)4-5-12(14(17)19)13(18)16-9-6-15-7-10-16/h4-5,15H,3,6-10H2,1-2H3. The van der Waals surface area contributed by atoms with Crippen molar-refractivity contribution >= 4 is 5.91 Å². The van der Waals surface area contributed by atoms with Gasteiger partial charge in [0.1, 0.15) is 5.56 Å². The number of pyridine rings is 1. The first-order chi connectivity index (χ1) is 9.15. The van der Waals surface area contributed by atoms with Crippen LogP contribution in [0.15, 0.2) is 16.9 Å². The SMILES string of the molecule is CCCn1c(C)ccc(C(=O)N2CCNCC2)c1=O. The average Bonchev–Trinajstić information content (AvgIpc) is 2.44. The van der Waals surface area contributed by atoms with Crippen LogP contribution in [0.4, 0.5) is 0 Å². The number of hydrogen-bond donors (Lipinski definition) is 1. The second-order valence-corrected chi connectivity index (χ2v) is 4.89. The number of nitrogens with one attached hydrogen (secondary N) is 1. The van der Waals surface area contributed by atoms with Gasteiger partial charge in [-0.2, -0.15) is 0 Å². The van der Waals surface area contributed by atoms with Crippen molar-refractivity contribution in [3.05, 3.63) is 33.7 Å². The maximum absolute atomic E-state index is 12.4. The molecule has 104 valence electrons. The Hall–Kier alpha value is -1.62. The van der Waals surface area contributed by atoms with Gasteiger partial charge in [0.05, 0.1) is 0 Å². The lowest BCUT2D eigenvalue weighted by atomic mass is 10.2. The van der Waals surface area contributed by atoms with E-state index in [0.717, 1.165) is 25.2 Å². The molecule has 2 heterocycles. The van der Waals surface area contributed by atoms with Crippen molar-refractivity contribution in [2.24, 2.45) is 0 Å². The lowest BCUT2D eigenvalue weighted by Crippen LogP contribution is -2.48. The fraction of sp³-hybridized carbons (Fsp3) is 0.571. The molecule has 1 fully saturated rings. The molecule has 1 aromatic heterocycles. The summed E-state index contributed by atoms with van der Waals surface area (Å²) in [5.41, 5.74) is 1.04. The van der Waals surface area contributed by atoms with E-state index in [2.05, 4.69) is 5.32 Å². The van der Waals surface area contributed by atoms with Crippen molar-refractivity contribution in [3.8, 4) is 0 Å². The topological polar surface area (TPSA) is 54.3 Å². The van der Waals surface area contributed by atoms with Crippen LogP contribution in [0, 0.1) is 6.92 Å². The van der Waals surface area contributed by atoms with Crippen LogP contribution in [0.25, 0.3) is 0 Å². The predicted octanol–water partition coefficient (Wildman–Crippen LogP) is 0.612. The molecule has 1 aliphatic heterocycles. The number of piperazine rings is 1. The Morgan fingerprint density at radius 1 is 1.32 bits per heavy atom. The molecule has 1 aromatic rings. The monoisotopic (exact) mass is 263 g/mol. The molecular formula is C14H21N3O2. The zero-order valence-electron chi connectivity index (χ0n) is 11.6. The van der Waals surface area contributed by atoms with Crippen molar-refractivity contribution in [1.82, 2.24) is 14.8 Å². The van der Waals surface area contributed by atoms with Gasteiger partial charge in [-0.05, 0) is 25.5 Å². The number of rotatable bonds is 3. The Kier molecular flexibility index (Phi) is 4.37. The van der Waals surface area contributed by atoms with Crippen molar-refractivity contribution in [2.45, 2.75) is 26.8 Å². The molecule has 1 amide bonds. The first-order valence-electron chi connectivity index (χ1n) is 6.85. The summed E-state index contributed by atoms with van der Waals surface area (Å²) in [5, 5.41) is 3.20. The maximum Gasteiger partial charge on any atom is 0.263 e. The van der Waals surface area contributed by atoms with Gasteiger partial charge in [0.2, 0.25) is 0 Å². The summed E-state index contributed by atoms with van der Waals surface area (Å²) in [5.74, 6) is -0.142. The Morgan fingerprint density at radius 2 is 2.00 bits per heavy atom. The summed E-state index contributed by atoms with van der Waals surface area (Å²) in [4.78, 5) is 26.5. The van der Waals surface area contributed by atoms with E-state index in [1.165, 1.54) is 0 Å². The van der Waals surface area contributed by atoms with E-state index in [-0.39, 0.29) is 11.5 Å². The zero-order chi connectivity index (χ0) is 13.8. The van der Waals surface area contributed by atoms with Crippen LogP contribution in [-0.4, -0.2) is 41.6 Å². The van der Waals surface area contributed by atoms with E-state index in [0.29, 0.717) is 25.2 Å². The lowest BCUT2D eigenvalue weighted by Gasteiger charge is -2.27. The van der Waals surface area contributed by atoms with Gasteiger partial charge in [0.15, 0.2) is 0 Å². The number of aromatic nitrogens is 1. The van der Waals surface area contributed by atoms with Gasteiger partial charge >= 0.3 is 0 Å². The summed E-state index contributed by atoms with van der Waals surface area (Å²) in [7, 11) is 0. The Bertz CT molecular complexity index is 516. The van der Waals surface area contributed by atoms with Gasteiger partial charge in [-0.15, -0.1) is 0 Å². The highest BCUT2D eigenvalue weighted by Crippen LogP contribution is 2.05. The van der Waals surface area contributed by atoms with Gasteiger partial charge in [-0.1, -0.05) is 6.92 Å². The average molecular weight is 263 g/mol. The summed E-state index contributed by atoms with van der Waals surface area (Å²) < 4.78 is 1.69. The van der Waals surface area contributed by atoms with Crippen LogP contribution in [0.5, 0.6) is 0 Å². The number of amides is 1. The maximum atomic E-state index is 12.4. The quantitative estimate of drug-likeness (QED) is 0.869. The van der Waals surface area contributed by atoms with Crippen LogP contribution in [0.2, 0.25) is 0 Å². The van der Waals surface area contributed by atoms with E-state index in [9.17, 15) is 9.59 Å². The number of carbonyl (C=O) groups excluding carboxylic acids is 1. The summed E-state index contributed by atoms with van der Waals surface area (Å²) in [6.07, 6.45) is 0.881. The first-order valence-corrected chi connectivity index (χ1v) is 6.85. The van der Waals surface area contributed by atoms with Crippen LogP contribution >= 0.6 is 0 Å². The second kappa shape index (κ2) is 6.02. The number of aryl methyl sites for hydroxylation is 1. The highest BCUT2D eigenvalue weighted by Gasteiger charge is 2.21. The van der Waals surface area contributed by atoms with E-state index < -0.39 is 0 Å².